The van der Waals surface area contributed by atoms with E-state index in [1.165, 1.54) is 28.4 Å². The first-order valence-electron chi connectivity index (χ1n) is 5.68. The maximum absolute atomic E-state index is 12.0. The van der Waals surface area contributed by atoms with Crippen molar-refractivity contribution in [1.29, 1.82) is 0 Å². The van der Waals surface area contributed by atoms with Gasteiger partial charge in [0.15, 0.2) is 0 Å². The minimum absolute atomic E-state index is 0.136. The molecular weight excluding hydrogens is 298 g/mol. The second kappa shape index (κ2) is 6.19. The van der Waals surface area contributed by atoms with Crippen LogP contribution in [0.25, 0.3) is 0 Å². The average Bonchev–Trinajstić information content (AvgIpc) is 3.03. The van der Waals surface area contributed by atoms with Gasteiger partial charge < -0.3 is 5.11 Å². The lowest BCUT2D eigenvalue weighted by molar-refractivity contribution is 0.350. The Balaban J connectivity index is 2.03. The summed E-state index contributed by atoms with van der Waals surface area (Å²) in [5.41, 5.74) is 0. The molecule has 106 valence electrons. The molecule has 0 atom stereocenters. The zero-order valence-electron chi connectivity index (χ0n) is 10.7. The number of aromatic nitrogens is 2. The number of aliphatic hydroxyl groups is 1. The van der Waals surface area contributed by atoms with Crippen LogP contribution >= 0.6 is 11.3 Å². The van der Waals surface area contributed by atoms with Crippen LogP contribution < -0.4 is 4.72 Å². The van der Waals surface area contributed by atoms with Gasteiger partial charge in [-0.2, -0.15) is 5.10 Å². The van der Waals surface area contributed by atoms with Crippen LogP contribution in [0, 0.1) is 11.8 Å². The van der Waals surface area contributed by atoms with Crippen LogP contribution in [0.1, 0.15) is 9.75 Å². The van der Waals surface area contributed by atoms with E-state index >= 15 is 0 Å². The van der Waals surface area contributed by atoms with E-state index in [4.69, 9.17) is 5.11 Å². The standard InChI is InChI=1S/C12H13N3O3S2/c1-15-9-12(8-13-15)20(17,18)14-7-11-5-4-10(19-11)3-2-6-16/h4-5,8-9,14,16H,6-7H2,1H3. The van der Waals surface area contributed by atoms with Crippen LogP contribution in [0.3, 0.4) is 0 Å². The molecule has 0 fully saturated rings. The predicted molar refractivity (Wildman–Crippen MR) is 75.5 cm³/mol. The average molecular weight is 311 g/mol. The predicted octanol–water partition coefficient (Wildman–Crippen LogP) is 0.304. The molecule has 0 aromatic carbocycles. The largest absolute Gasteiger partial charge is 0.384 e. The lowest BCUT2D eigenvalue weighted by Gasteiger charge is -2.02. The third kappa shape index (κ3) is 3.68. The Hall–Kier alpha value is -1.66. The number of hydrogen-bond donors (Lipinski definition) is 2. The fourth-order valence-corrected chi connectivity index (χ4v) is 3.36. The maximum atomic E-state index is 12.0. The van der Waals surface area contributed by atoms with Gasteiger partial charge in [0, 0.05) is 24.7 Å². The number of aliphatic hydroxyl groups excluding tert-OH is 1. The summed E-state index contributed by atoms with van der Waals surface area (Å²) in [6, 6.07) is 3.60. The minimum Gasteiger partial charge on any atom is -0.384 e. The van der Waals surface area contributed by atoms with Gasteiger partial charge >= 0.3 is 0 Å². The van der Waals surface area contributed by atoms with Crippen molar-refractivity contribution in [2.24, 2.45) is 7.05 Å². The Kier molecular flexibility index (Phi) is 4.57. The third-order valence-corrected chi connectivity index (χ3v) is 4.74. The number of aryl methyl sites for hydroxylation is 1. The Morgan fingerprint density at radius 3 is 2.95 bits per heavy atom. The topological polar surface area (TPSA) is 84.2 Å². The molecule has 2 N–H and O–H groups in total. The van der Waals surface area contributed by atoms with Crippen LogP contribution in [-0.2, 0) is 23.6 Å². The summed E-state index contributed by atoms with van der Waals surface area (Å²) < 4.78 is 27.9. The molecule has 0 aliphatic rings. The van der Waals surface area contributed by atoms with Gasteiger partial charge in [-0.15, -0.1) is 11.3 Å². The SMILES string of the molecule is Cn1cc(S(=O)(=O)NCc2ccc(C#CCO)s2)cn1. The zero-order valence-corrected chi connectivity index (χ0v) is 12.3. The molecule has 2 aromatic rings. The number of nitrogens with zero attached hydrogens (tertiary/aromatic N) is 2. The van der Waals surface area contributed by atoms with Gasteiger partial charge in [0.05, 0.1) is 11.1 Å². The Morgan fingerprint density at radius 2 is 2.30 bits per heavy atom. The van der Waals surface area contributed by atoms with E-state index < -0.39 is 10.0 Å². The monoisotopic (exact) mass is 311 g/mol. The quantitative estimate of drug-likeness (QED) is 0.796. The molecule has 0 saturated carbocycles. The molecule has 0 saturated heterocycles. The molecule has 0 bridgehead atoms. The van der Waals surface area contributed by atoms with Crippen molar-refractivity contribution in [3.8, 4) is 11.8 Å². The van der Waals surface area contributed by atoms with Crippen molar-refractivity contribution >= 4 is 21.4 Å². The molecule has 0 radical (unpaired) electrons. The number of thiophene rings is 1. The minimum atomic E-state index is -3.55. The Morgan fingerprint density at radius 1 is 1.50 bits per heavy atom. The molecule has 2 heterocycles. The number of nitrogens with one attached hydrogen (secondary N) is 1. The summed E-state index contributed by atoms with van der Waals surface area (Å²) in [5, 5.41) is 12.4. The summed E-state index contributed by atoms with van der Waals surface area (Å²) in [6.07, 6.45) is 2.74. The van der Waals surface area contributed by atoms with Gasteiger partial charge in [-0.3, -0.25) is 4.68 Å². The highest BCUT2D eigenvalue weighted by Crippen LogP contribution is 2.16. The van der Waals surface area contributed by atoms with Crippen LogP contribution in [-0.4, -0.2) is 29.9 Å². The van der Waals surface area contributed by atoms with E-state index in [1.807, 2.05) is 0 Å². The summed E-state index contributed by atoms with van der Waals surface area (Å²) in [4.78, 5) is 1.77. The molecule has 2 rings (SSSR count). The molecule has 0 spiro atoms. The van der Waals surface area contributed by atoms with Crippen molar-refractivity contribution in [2.75, 3.05) is 6.61 Å². The van der Waals surface area contributed by atoms with Crippen LogP contribution in [0.4, 0.5) is 0 Å². The van der Waals surface area contributed by atoms with E-state index in [0.29, 0.717) is 0 Å². The number of sulfonamides is 1. The van der Waals surface area contributed by atoms with E-state index in [-0.39, 0.29) is 18.0 Å². The molecule has 8 heteroatoms. The Labute approximate surface area is 121 Å². The van der Waals surface area contributed by atoms with E-state index in [1.54, 1.807) is 19.2 Å². The van der Waals surface area contributed by atoms with Crippen molar-refractivity contribution in [1.82, 2.24) is 14.5 Å². The Bertz CT molecular complexity index is 750. The van der Waals surface area contributed by atoms with E-state index in [0.717, 1.165) is 9.75 Å². The fourth-order valence-electron chi connectivity index (χ4n) is 1.45. The normalized spacial score (nSPS) is 11.1. The van der Waals surface area contributed by atoms with Gasteiger partial charge in [0.1, 0.15) is 11.5 Å². The van der Waals surface area contributed by atoms with Gasteiger partial charge in [0.2, 0.25) is 10.0 Å². The molecule has 2 aromatic heterocycles. The maximum Gasteiger partial charge on any atom is 0.244 e. The van der Waals surface area contributed by atoms with Crippen LogP contribution in [0.15, 0.2) is 29.4 Å². The van der Waals surface area contributed by atoms with Gasteiger partial charge in [-0.05, 0) is 12.1 Å². The highest BCUT2D eigenvalue weighted by atomic mass is 32.2. The second-order valence-electron chi connectivity index (χ2n) is 3.90. The number of hydrogen-bond acceptors (Lipinski definition) is 5. The molecule has 20 heavy (non-hydrogen) atoms. The lowest BCUT2D eigenvalue weighted by Crippen LogP contribution is -2.22. The molecule has 0 aliphatic heterocycles. The van der Waals surface area contributed by atoms with Gasteiger partial charge in [0.25, 0.3) is 0 Å². The molecule has 0 aliphatic carbocycles. The van der Waals surface area contributed by atoms with Crippen molar-refractivity contribution < 1.29 is 13.5 Å². The first-order valence-corrected chi connectivity index (χ1v) is 7.98. The summed E-state index contributed by atoms with van der Waals surface area (Å²) >= 11 is 1.38. The van der Waals surface area contributed by atoms with Crippen molar-refractivity contribution in [3.05, 3.63) is 34.3 Å². The van der Waals surface area contributed by atoms with Crippen LogP contribution in [0.5, 0.6) is 0 Å². The lowest BCUT2D eigenvalue weighted by atomic mass is 10.4. The zero-order chi connectivity index (χ0) is 14.6. The highest BCUT2D eigenvalue weighted by Gasteiger charge is 2.15. The second-order valence-corrected chi connectivity index (χ2v) is 6.84. The fraction of sp³-hybridized carbons (Fsp3) is 0.250. The van der Waals surface area contributed by atoms with Gasteiger partial charge in [-0.25, -0.2) is 13.1 Å². The first-order chi connectivity index (χ1) is 9.51. The van der Waals surface area contributed by atoms with Crippen LogP contribution in [0.2, 0.25) is 0 Å². The van der Waals surface area contributed by atoms with Crippen molar-refractivity contribution in [2.45, 2.75) is 11.4 Å². The smallest absolute Gasteiger partial charge is 0.244 e. The molecule has 0 amide bonds. The van der Waals surface area contributed by atoms with Gasteiger partial charge in [-0.1, -0.05) is 11.8 Å². The van der Waals surface area contributed by atoms with E-state index in [9.17, 15) is 8.42 Å². The highest BCUT2D eigenvalue weighted by molar-refractivity contribution is 7.89. The molecule has 0 unspecified atom stereocenters. The summed E-state index contributed by atoms with van der Waals surface area (Å²) in [7, 11) is -1.89. The third-order valence-electron chi connectivity index (χ3n) is 2.38. The molecular formula is C12H13N3O3S2. The molecule has 6 nitrogen and oxygen atoms in total. The first kappa shape index (κ1) is 14.7. The number of rotatable bonds is 4. The van der Waals surface area contributed by atoms with Crippen molar-refractivity contribution in [3.63, 3.8) is 0 Å². The summed E-state index contributed by atoms with van der Waals surface area (Å²) in [5.74, 6) is 5.32. The summed E-state index contributed by atoms with van der Waals surface area (Å²) in [6.45, 7) is 0.00354. The van der Waals surface area contributed by atoms with E-state index in [2.05, 4.69) is 21.7 Å².